The van der Waals surface area contributed by atoms with Gasteiger partial charge in [0.2, 0.25) is 5.96 Å². The number of nitrogens with one attached hydrogen (secondary N) is 2. The first-order valence-corrected chi connectivity index (χ1v) is 1.95. The Hall–Kier alpha value is -1.50. The van der Waals surface area contributed by atoms with Crippen molar-refractivity contribution in [2.24, 2.45) is 16.6 Å². The molecule has 1 radical (unpaired) electrons. The van der Waals surface area contributed by atoms with E-state index >= 15 is 0 Å². The number of hydrazone groups is 1. The van der Waals surface area contributed by atoms with Crippen LogP contribution in [-0.4, -0.2) is 17.1 Å². The van der Waals surface area contributed by atoms with Crippen LogP contribution in [0.4, 0.5) is 0 Å². The van der Waals surface area contributed by atoms with Gasteiger partial charge >= 0.3 is 0 Å². The first kappa shape index (κ1) is 7.50. The standard InChI is InChI=1S/C2H7N6O/c3-1(4)6-7-2(5)8-9/h9H,(H2,5,7)(H4,3,4,6). The number of hydroxylamine groups is 1. The third kappa shape index (κ3) is 4.35. The van der Waals surface area contributed by atoms with Crippen LogP contribution in [0.2, 0.25) is 0 Å². The van der Waals surface area contributed by atoms with Crippen molar-refractivity contribution in [3.05, 3.63) is 0 Å². The van der Waals surface area contributed by atoms with Gasteiger partial charge in [-0.2, -0.15) is 0 Å². The lowest BCUT2D eigenvalue weighted by Gasteiger charge is -1.94. The maximum Gasteiger partial charge on any atom is 0.261 e. The SMILES string of the molecule is N=C(N)NN=C(N)[N]O. The smallest absolute Gasteiger partial charge is 0.261 e. The molecule has 0 heterocycles. The minimum atomic E-state index is -0.384. The van der Waals surface area contributed by atoms with Crippen molar-refractivity contribution in [3.8, 4) is 0 Å². The second-order valence-corrected chi connectivity index (χ2v) is 1.10. The van der Waals surface area contributed by atoms with Crippen molar-refractivity contribution in [2.75, 3.05) is 0 Å². The average Bonchev–Trinajstić information content (AvgIpc) is 1.83. The number of nitrogens with zero attached hydrogens (tertiary/aromatic N) is 2. The Morgan fingerprint density at radius 2 is 2.11 bits per heavy atom. The normalized spacial score (nSPS) is 10.6. The summed E-state index contributed by atoms with van der Waals surface area (Å²) in [7, 11) is 0. The largest absolute Gasteiger partial charge is 0.369 e. The highest BCUT2D eigenvalue weighted by Crippen LogP contribution is 1.56. The van der Waals surface area contributed by atoms with Gasteiger partial charge in [0.15, 0.2) is 0 Å². The monoisotopic (exact) mass is 131 g/mol. The van der Waals surface area contributed by atoms with Gasteiger partial charge in [-0.25, -0.2) is 5.43 Å². The van der Waals surface area contributed by atoms with Crippen LogP contribution in [0.5, 0.6) is 0 Å². The Kier molecular flexibility index (Phi) is 2.91. The minimum absolute atomic E-state index is 0.374. The molecule has 0 aliphatic heterocycles. The summed E-state index contributed by atoms with van der Waals surface area (Å²) < 4.78 is 0. The van der Waals surface area contributed by atoms with Crippen LogP contribution in [0.25, 0.3) is 0 Å². The Labute approximate surface area is 51.2 Å². The number of nitrogens with two attached hydrogens (primary N) is 2. The summed E-state index contributed by atoms with van der Waals surface area (Å²) in [6, 6.07) is 0. The van der Waals surface area contributed by atoms with Gasteiger partial charge < -0.3 is 11.5 Å². The first-order chi connectivity index (χ1) is 4.16. The molecule has 0 aromatic rings. The van der Waals surface area contributed by atoms with Crippen molar-refractivity contribution in [2.45, 2.75) is 0 Å². The molecular formula is C2H7N6O. The van der Waals surface area contributed by atoms with Gasteiger partial charge in [0.1, 0.15) is 0 Å². The summed E-state index contributed by atoms with van der Waals surface area (Å²) in [6.45, 7) is 0. The summed E-state index contributed by atoms with van der Waals surface area (Å²) in [5.74, 6) is -0.758. The predicted molar refractivity (Wildman–Crippen MR) is 30.6 cm³/mol. The molecule has 0 atom stereocenters. The van der Waals surface area contributed by atoms with Crippen molar-refractivity contribution in [1.82, 2.24) is 10.9 Å². The molecule has 0 bridgehead atoms. The molecule has 0 saturated heterocycles. The van der Waals surface area contributed by atoms with Crippen LogP contribution < -0.4 is 22.4 Å². The maximum atomic E-state index is 7.87. The topological polar surface area (TPSA) is 135 Å². The Bertz CT molecular complexity index is 129. The van der Waals surface area contributed by atoms with E-state index in [-0.39, 0.29) is 11.9 Å². The quantitative estimate of drug-likeness (QED) is 0.155. The third-order valence-electron chi connectivity index (χ3n) is 0.393. The number of rotatable bonds is 1. The molecule has 7 nitrogen and oxygen atoms in total. The third-order valence-corrected chi connectivity index (χ3v) is 0.393. The predicted octanol–water partition coefficient (Wildman–Crippen LogP) is -2.31. The molecule has 0 aromatic carbocycles. The molecule has 0 spiro atoms. The molecule has 0 amide bonds. The van der Waals surface area contributed by atoms with Crippen LogP contribution in [0, 0.1) is 5.41 Å². The average molecular weight is 131 g/mol. The fourth-order valence-electron chi connectivity index (χ4n) is 0.140. The summed E-state index contributed by atoms with van der Waals surface area (Å²) in [4.78, 5) is 0. The minimum Gasteiger partial charge on any atom is -0.369 e. The van der Waals surface area contributed by atoms with Gasteiger partial charge in [-0.3, -0.25) is 10.6 Å². The maximum absolute atomic E-state index is 7.87. The van der Waals surface area contributed by atoms with E-state index in [0.29, 0.717) is 0 Å². The molecule has 0 aliphatic carbocycles. The van der Waals surface area contributed by atoms with Crippen LogP contribution >= 0.6 is 0 Å². The molecule has 0 saturated carbocycles. The van der Waals surface area contributed by atoms with Gasteiger partial charge in [-0.05, 0) is 0 Å². The van der Waals surface area contributed by atoms with Gasteiger partial charge in [-0.15, -0.1) is 5.10 Å². The van der Waals surface area contributed by atoms with E-state index in [1.54, 1.807) is 0 Å². The highest BCUT2D eigenvalue weighted by Gasteiger charge is 1.86. The molecule has 0 aromatic heterocycles. The highest BCUT2D eigenvalue weighted by atomic mass is 16.5. The van der Waals surface area contributed by atoms with Crippen LogP contribution in [0.15, 0.2) is 5.10 Å². The zero-order valence-electron chi connectivity index (χ0n) is 4.50. The van der Waals surface area contributed by atoms with Crippen LogP contribution in [0.3, 0.4) is 0 Å². The van der Waals surface area contributed by atoms with Crippen molar-refractivity contribution >= 4 is 11.9 Å². The van der Waals surface area contributed by atoms with Gasteiger partial charge in [0, 0.05) is 0 Å². The van der Waals surface area contributed by atoms with E-state index in [1.807, 2.05) is 5.43 Å². The zero-order valence-corrected chi connectivity index (χ0v) is 4.50. The van der Waals surface area contributed by atoms with Gasteiger partial charge in [-0.1, -0.05) is 5.48 Å². The van der Waals surface area contributed by atoms with Gasteiger partial charge in [0.25, 0.3) is 5.96 Å². The first-order valence-electron chi connectivity index (χ1n) is 1.95. The van der Waals surface area contributed by atoms with E-state index in [0.717, 1.165) is 0 Å². The molecule has 0 fully saturated rings. The Morgan fingerprint density at radius 1 is 1.56 bits per heavy atom. The zero-order chi connectivity index (χ0) is 7.28. The van der Waals surface area contributed by atoms with E-state index in [9.17, 15) is 0 Å². The summed E-state index contributed by atoms with van der Waals surface area (Å²) in [5, 5.41) is 17.5. The van der Waals surface area contributed by atoms with Crippen LogP contribution in [0.1, 0.15) is 0 Å². The van der Waals surface area contributed by atoms with Crippen molar-refractivity contribution in [1.29, 1.82) is 5.41 Å². The Balaban J connectivity index is 3.56. The lowest BCUT2D eigenvalue weighted by Crippen LogP contribution is -2.31. The lowest BCUT2D eigenvalue weighted by atomic mass is 11.0. The highest BCUT2D eigenvalue weighted by molar-refractivity contribution is 5.80. The van der Waals surface area contributed by atoms with Crippen molar-refractivity contribution < 1.29 is 5.21 Å². The number of hydrogen-bond donors (Lipinski definition) is 5. The molecule has 9 heavy (non-hydrogen) atoms. The molecule has 0 unspecified atom stereocenters. The molecule has 51 valence electrons. The Morgan fingerprint density at radius 3 is 2.44 bits per heavy atom. The van der Waals surface area contributed by atoms with E-state index < -0.39 is 0 Å². The summed E-state index contributed by atoms with van der Waals surface area (Å²) in [5.41, 5.74) is 14.1. The van der Waals surface area contributed by atoms with E-state index in [2.05, 4.69) is 10.6 Å². The summed E-state index contributed by atoms with van der Waals surface area (Å²) >= 11 is 0. The fourth-order valence-corrected chi connectivity index (χ4v) is 0.140. The fraction of sp³-hybridized carbons (Fsp3) is 0. The van der Waals surface area contributed by atoms with E-state index in [1.165, 1.54) is 0 Å². The van der Waals surface area contributed by atoms with E-state index in [4.69, 9.17) is 22.1 Å². The molecule has 0 rings (SSSR count). The number of guanidine groups is 2. The number of hydrogen-bond acceptors (Lipinski definition) is 3. The lowest BCUT2D eigenvalue weighted by molar-refractivity contribution is 0.222. The molecule has 7 N–H and O–H groups in total. The van der Waals surface area contributed by atoms with Gasteiger partial charge in [0.05, 0.1) is 0 Å². The van der Waals surface area contributed by atoms with Crippen LogP contribution in [-0.2, 0) is 0 Å². The second-order valence-electron chi connectivity index (χ2n) is 1.10. The molecule has 0 aliphatic rings. The van der Waals surface area contributed by atoms with Crippen molar-refractivity contribution in [3.63, 3.8) is 0 Å². The molecular weight excluding hydrogens is 124 g/mol. The second kappa shape index (κ2) is 3.50. The molecule has 7 heteroatoms. The summed E-state index contributed by atoms with van der Waals surface area (Å²) in [6.07, 6.45) is 0.